The van der Waals surface area contributed by atoms with E-state index in [1.807, 2.05) is 29.6 Å². The number of carbonyl (C=O) groups is 1. The Morgan fingerprint density at radius 3 is 2.71 bits per heavy atom. The van der Waals surface area contributed by atoms with E-state index >= 15 is 0 Å². The van der Waals surface area contributed by atoms with Crippen LogP contribution in [0.25, 0.3) is 10.6 Å². The SMILES string of the molecule is COc1ccc(-c2nc(C(=O)NC(C)C3CC3)cs2)cc1. The van der Waals surface area contributed by atoms with Gasteiger partial charge in [0.15, 0.2) is 0 Å². The number of ether oxygens (including phenoxy) is 1. The summed E-state index contributed by atoms with van der Waals surface area (Å²) in [6, 6.07) is 7.93. The zero-order chi connectivity index (χ0) is 14.8. The summed E-state index contributed by atoms with van der Waals surface area (Å²) in [5, 5.41) is 5.69. The second-order valence-corrected chi connectivity index (χ2v) is 6.22. The predicted octanol–water partition coefficient (Wildman–Crippen LogP) is 3.35. The van der Waals surface area contributed by atoms with Crippen molar-refractivity contribution in [3.05, 3.63) is 35.3 Å². The molecule has 21 heavy (non-hydrogen) atoms. The Bertz CT molecular complexity index is 632. The Morgan fingerprint density at radius 2 is 2.10 bits per heavy atom. The summed E-state index contributed by atoms with van der Waals surface area (Å²) in [6.07, 6.45) is 2.44. The minimum Gasteiger partial charge on any atom is -0.497 e. The minimum atomic E-state index is -0.0783. The maximum atomic E-state index is 12.1. The van der Waals surface area contributed by atoms with E-state index in [2.05, 4.69) is 17.2 Å². The third kappa shape index (κ3) is 3.24. The van der Waals surface area contributed by atoms with Crippen LogP contribution in [-0.2, 0) is 0 Å². The van der Waals surface area contributed by atoms with Gasteiger partial charge in [-0.25, -0.2) is 4.98 Å². The van der Waals surface area contributed by atoms with Crippen LogP contribution in [0.5, 0.6) is 5.75 Å². The van der Waals surface area contributed by atoms with Gasteiger partial charge in [-0.3, -0.25) is 4.79 Å². The molecule has 1 N–H and O–H groups in total. The van der Waals surface area contributed by atoms with Crippen molar-refractivity contribution in [1.29, 1.82) is 0 Å². The number of amides is 1. The van der Waals surface area contributed by atoms with Gasteiger partial charge in [-0.05, 0) is 49.9 Å². The van der Waals surface area contributed by atoms with E-state index in [-0.39, 0.29) is 11.9 Å². The molecule has 1 fully saturated rings. The quantitative estimate of drug-likeness (QED) is 0.921. The summed E-state index contributed by atoms with van der Waals surface area (Å²) in [4.78, 5) is 16.6. The third-order valence-electron chi connectivity index (χ3n) is 3.76. The Kier molecular flexibility index (Phi) is 3.92. The molecule has 1 aliphatic carbocycles. The highest BCUT2D eigenvalue weighted by Gasteiger charge is 2.29. The largest absolute Gasteiger partial charge is 0.497 e. The van der Waals surface area contributed by atoms with Gasteiger partial charge in [-0.15, -0.1) is 11.3 Å². The molecular formula is C16H18N2O2S. The van der Waals surface area contributed by atoms with Crippen molar-refractivity contribution in [2.45, 2.75) is 25.8 Å². The Morgan fingerprint density at radius 1 is 1.38 bits per heavy atom. The van der Waals surface area contributed by atoms with Crippen LogP contribution in [0.1, 0.15) is 30.3 Å². The number of hydrogen-bond acceptors (Lipinski definition) is 4. The van der Waals surface area contributed by atoms with Gasteiger partial charge < -0.3 is 10.1 Å². The summed E-state index contributed by atoms with van der Waals surface area (Å²) in [5.74, 6) is 1.38. The minimum absolute atomic E-state index is 0.0783. The van der Waals surface area contributed by atoms with Crippen molar-refractivity contribution >= 4 is 17.2 Å². The summed E-state index contributed by atoms with van der Waals surface area (Å²) < 4.78 is 5.14. The van der Waals surface area contributed by atoms with Gasteiger partial charge in [0, 0.05) is 17.0 Å². The highest BCUT2D eigenvalue weighted by molar-refractivity contribution is 7.13. The molecule has 5 heteroatoms. The van der Waals surface area contributed by atoms with Gasteiger partial charge in [0.1, 0.15) is 16.5 Å². The monoisotopic (exact) mass is 302 g/mol. The van der Waals surface area contributed by atoms with Crippen molar-refractivity contribution in [2.24, 2.45) is 5.92 Å². The van der Waals surface area contributed by atoms with Crippen LogP contribution < -0.4 is 10.1 Å². The Labute approximate surface area is 128 Å². The second-order valence-electron chi connectivity index (χ2n) is 5.37. The fraction of sp³-hybridized carbons (Fsp3) is 0.375. The Balaban J connectivity index is 1.71. The smallest absolute Gasteiger partial charge is 0.270 e. The average Bonchev–Trinajstić information content (AvgIpc) is 3.24. The molecule has 1 aromatic heterocycles. The topological polar surface area (TPSA) is 51.2 Å². The van der Waals surface area contributed by atoms with E-state index in [0.717, 1.165) is 16.3 Å². The van der Waals surface area contributed by atoms with Gasteiger partial charge in [0.25, 0.3) is 5.91 Å². The number of carbonyl (C=O) groups excluding carboxylic acids is 1. The first-order valence-electron chi connectivity index (χ1n) is 7.08. The number of rotatable bonds is 5. The van der Waals surface area contributed by atoms with Gasteiger partial charge in [0.2, 0.25) is 0 Å². The molecule has 1 amide bonds. The van der Waals surface area contributed by atoms with Gasteiger partial charge in [-0.2, -0.15) is 0 Å². The zero-order valence-electron chi connectivity index (χ0n) is 12.1. The normalized spacial score (nSPS) is 15.5. The fourth-order valence-electron chi connectivity index (χ4n) is 2.24. The van der Waals surface area contributed by atoms with Crippen LogP contribution in [0, 0.1) is 5.92 Å². The summed E-state index contributed by atoms with van der Waals surface area (Å²) in [6.45, 7) is 2.06. The number of thiazole rings is 1. The predicted molar refractivity (Wildman–Crippen MR) is 83.8 cm³/mol. The number of nitrogens with zero attached hydrogens (tertiary/aromatic N) is 1. The van der Waals surface area contributed by atoms with Crippen LogP contribution in [0.4, 0.5) is 0 Å². The molecule has 4 nitrogen and oxygen atoms in total. The Hall–Kier alpha value is -1.88. The maximum absolute atomic E-state index is 12.1. The van der Waals surface area contributed by atoms with Crippen LogP contribution in [0.15, 0.2) is 29.6 Å². The van der Waals surface area contributed by atoms with Crippen molar-refractivity contribution in [3.63, 3.8) is 0 Å². The first-order valence-corrected chi connectivity index (χ1v) is 7.96. The molecule has 2 aromatic rings. The second kappa shape index (κ2) is 5.85. The van der Waals surface area contributed by atoms with Crippen LogP contribution in [0.2, 0.25) is 0 Å². The highest BCUT2D eigenvalue weighted by Crippen LogP contribution is 2.32. The molecule has 0 bridgehead atoms. The lowest BCUT2D eigenvalue weighted by Gasteiger charge is -2.10. The van der Waals surface area contributed by atoms with E-state index in [0.29, 0.717) is 11.6 Å². The molecule has 3 rings (SSSR count). The third-order valence-corrected chi connectivity index (χ3v) is 4.65. The molecule has 1 atom stereocenters. The number of methoxy groups -OCH3 is 1. The first kappa shape index (κ1) is 14.1. The molecule has 0 saturated heterocycles. The van der Waals surface area contributed by atoms with Crippen LogP contribution >= 0.6 is 11.3 Å². The molecule has 1 heterocycles. The van der Waals surface area contributed by atoms with E-state index < -0.39 is 0 Å². The lowest BCUT2D eigenvalue weighted by Crippen LogP contribution is -2.34. The molecule has 1 saturated carbocycles. The molecule has 0 aliphatic heterocycles. The molecule has 1 aromatic carbocycles. The standard InChI is InChI=1S/C16H18N2O2S/c1-10(11-3-4-11)17-15(19)14-9-21-16(18-14)12-5-7-13(20-2)8-6-12/h5-11H,3-4H2,1-2H3,(H,17,19). The van der Waals surface area contributed by atoms with E-state index in [4.69, 9.17) is 4.74 Å². The lowest BCUT2D eigenvalue weighted by atomic mass is 10.2. The van der Waals surface area contributed by atoms with Crippen molar-refractivity contribution in [3.8, 4) is 16.3 Å². The zero-order valence-corrected chi connectivity index (χ0v) is 12.9. The molecule has 0 spiro atoms. The summed E-state index contributed by atoms with van der Waals surface area (Å²) in [5.41, 5.74) is 1.49. The fourth-order valence-corrected chi connectivity index (χ4v) is 3.05. The van der Waals surface area contributed by atoms with Crippen molar-refractivity contribution in [1.82, 2.24) is 10.3 Å². The molecule has 1 unspecified atom stereocenters. The van der Waals surface area contributed by atoms with E-state index in [1.165, 1.54) is 24.2 Å². The van der Waals surface area contributed by atoms with E-state index in [1.54, 1.807) is 7.11 Å². The van der Waals surface area contributed by atoms with Gasteiger partial charge >= 0.3 is 0 Å². The highest BCUT2D eigenvalue weighted by atomic mass is 32.1. The number of hydrogen-bond donors (Lipinski definition) is 1. The van der Waals surface area contributed by atoms with Crippen molar-refractivity contribution in [2.75, 3.05) is 7.11 Å². The molecule has 110 valence electrons. The molecule has 0 radical (unpaired) electrons. The lowest BCUT2D eigenvalue weighted by molar-refractivity contribution is 0.0931. The maximum Gasteiger partial charge on any atom is 0.270 e. The van der Waals surface area contributed by atoms with Gasteiger partial charge in [0.05, 0.1) is 7.11 Å². The van der Waals surface area contributed by atoms with Crippen molar-refractivity contribution < 1.29 is 9.53 Å². The van der Waals surface area contributed by atoms with Gasteiger partial charge in [-0.1, -0.05) is 0 Å². The number of aromatic nitrogens is 1. The van der Waals surface area contributed by atoms with E-state index in [9.17, 15) is 4.79 Å². The average molecular weight is 302 g/mol. The molecular weight excluding hydrogens is 284 g/mol. The number of nitrogens with one attached hydrogen (secondary N) is 1. The molecule has 1 aliphatic rings. The van der Waals surface area contributed by atoms with Crippen LogP contribution in [0.3, 0.4) is 0 Å². The van der Waals surface area contributed by atoms with Crippen LogP contribution in [-0.4, -0.2) is 24.0 Å². The summed E-state index contributed by atoms with van der Waals surface area (Å²) in [7, 11) is 1.64. The first-order chi connectivity index (χ1) is 10.2. The summed E-state index contributed by atoms with van der Waals surface area (Å²) >= 11 is 1.48. The number of benzene rings is 1.